The number of nitrogens with one attached hydrogen (secondary N) is 1. The number of piperazine rings is 1. The Morgan fingerprint density at radius 1 is 1.07 bits per heavy atom. The van der Waals surface area contributed by atoms with Gasteiger partial charge in [0.15, 0.2) is 0 Å². The number of amides is 1. The largest absolute Gasteiger partial charge is 0.368 e. The third-order valence-electron chi connectivity index (χ3n) is 4.62. The summed E-state index contributed by atoms with van der Waals surface area (Å²) in [5.41, 5.74) is 1.92. The molecular formula is C19H22ClN3O3S. The zero-order valence-corrected chi connectivity index (χ0v) is 16.6. The fourth-order valence-corrected chi connectivity index (χ4v) is 4.19. The van der Waals surface area contributed by atoms with Crippen LogP contribution in [-0.4, -0.2) is 51.9 Å². The van der Waals surface area contributed by atoms with Crippen molar-refractivity contribution in [1.82, 2.24) is 9.62 Å². The van der Waals surface area contributed by atoms with Crippen LogP contribution in [0.2, 0.25) is 5.02 Å². The lowest BCUT2D eigenvalue weighted by molar-refractivity contribution is -0.130. The molecule has 1 aliphatic heterocycles. The highest BCUT2D eigenvalue weighted by atomic mass is 35.5. The molecule has 1 heterocycles. The summed E-state index contributed by atoms with van der Waals surface area (Å²) in [4.78, 5) is 16.3. The monoisotopic (exact) mass is 407 g/mol. The minimum absolute atomic E-state index is 0.0554. The summed E-state index contributed by atoms with van der Waals surface area (Å²) in [6, 6.07) is 14.5. The van der Waals surface area contributed by atoms with Crippen molar-refractivity contribution in [1.29, 1.82) is 0 Å². The second kappa shape index (κ2) is 8.29. The third-order valence-corrected chi connectivity index (χ3v) is 6.43. The van der Waals surface area contributed by atoms with E-state index in [1.807, 2.05) is 30.3 Å². The van der Waals surface area contributed by atoms with Crippen LogP contribution in [0.25, 0.3) is 0 Å². The molecule has 144 valence electrons. The number of aryl methyl sites for hydroxylation is 1. The molecule has 8 heteroatoms. The van der Waals surface area contributed by atoms with Gasteiger partial charge in [0.05, 0.1) is 11.4 Å². The Bertz CT molecular complexity index is 911. The second-order valence-electron chi connectivity index (χ2n) is 6.44. The van der Waals surface area contributed by atoms with Crippen LogP contribution in [0.15, 0.2) is 53.4 Å². The van der Waals surface area contributed by atoms with Gasteiger partial charge < -0.3 is 9.80 Å². The Hall–Kier alpha value is -2.09. The molecule has 0 unspecified atom stereocenters. The third kappa shape index (κ3) is 4.80. The van der Waals surface area contributed by atoms with Crippen molar-refractivity contribution in [2.24, 2.45) is 0 Å². The van der Waals surface area contributed by atoms with Gasteiger partial charge in [-0.3, -0.25) is 4.79 Å². The van der Waals surface area contributed by atoms with Crippen molar-refractivity contribution in [3.63, 3.8) is 0 Å². The molecule has 0 radical (unpaired) electrons. The van der Waals surface area contributed by atoms with Crippen molar-refractivity contribution >= 4 is 33.2 Å². The number of rotatable bonds is 5. The summed E-state index contributed by atoms with van der Waals surface area (Å²) in [6.45, 7) is 4.09. The number of carbonyl (C=O) groups excluding carboxylic acids is 1. The molecule has 1 N–H and O–H groups in total. The average molecular weight is 408 g/mol. The van der Waals surface area contributed by atoms with E-state index in [2.05, 4.69) is 9.62 Å². The van der Waals surface area contributed by atoms with Crippen LogP contribution in [0.1, 0.15) is 5.56 Å². The zero-order valence-electron chi connectivity index (χ0n) is 15.1. The first-order valence-electron chi connectivity index (χ1n) is 8.70. The minimum Gasteiger partial charge on any atom is -0.368 e. The van der Waals surface area contributed by atoms with E-state index in [1.165, 1.54) is 12.1 Å². The van der Waals surface area contributed by atoms with E-state index < -0.39 is 10.0 Å². The molecule has 1 saturated heterocycles. The lowest BCUT2D eigenvalue weighted by Crippen LogP contribution is -2.51. The average Bonchev–Trinajstić information content (AvgIpc) is 2.69. The molecule has 27 heavy (non-hydrogen) atoms. The smallest absolute Gasteiger partial charge is 0.241 e. The zero-order chi connectivity index (χ0) is 19.4. The van der Waals surface area contributed by atoms with E-state index >= 15 is 0 Å². The second-order valence-corrected chi connectivity index (χ2v) is 8.61. The lowest BCUT2D eigenvalue weighted by Gasteiger charge is -2.36. The Kier molecular flexibility index (Phi) is 6.04. The van der Waals surface area contributed by atoms with Crippen molar-refractivity contribution in [2.45, 2.75) is 11.8 Å². The molecule has 0 aliphatic carbocycles. The fourth-order valence-electron chi connectivity index (χ4n) is 2.95. The standard InChI is InChI=1S/C19H22ClN3O3S/c1-15-7-8-17(13-18(15)20)27(25,26)21-14-19(24)23-11-9-22(10-12-23)16-5-3-2-4-6-16/h2-8,13,21H,9-12,14H2,1H3. The molecule has 6 nitrogen and oxygen atoms in total. The van der Waals surface area contributed by atoms with Crippen LogP contribution >= 0.6 is 11.6 Å². The predicted molar refractivity (Wildman–Crippen MR) is 107 cm³/mol. The maximum Gasteiger partial charge on any atom is 0.241 e. The van der Waals surface area contributed by atoms with Crippen molar-refractivity contribution in [3.05, 3.63) is 59.1 Å². The normalized spacial score (nSPS) is 15.0. The van der Waals surface area contributed by atoms with Gasteiger partial charge in [-0.1, -0.05) is 35.9 Å². The minimum atomic E-state index is -3.78. The maximum atomic E-state index is 12.4. The van der Waals surface area contributed by atoms with Crippen molar-refractivity contribution in [2.75, 3.05) is 37.6 Å². The molecule has 2 aromatic carbocycles. The molecule has 0 atom stereocenters. The number of carbonyl (C=O) groups is 1. The van der Waals surface area contributed by atoms with E-state index in [0.717, 1.165) is 24.3 Å². The number of hydrogen-bond donors (Lipinski definition) is 1. The molecule has 2 aromatic rings. The van der Waals surface area contributed by atoms with E-state index in [4.69, 9.17) is 11.6 Å². The van der Waals surface area contributed by atoms with Crippen LogP contribution < -0.4 is 9.62 Å². The SMILES string of the molecule is Cc1ccc(S(=O)(=O)NCC(=O)N2CCN(c3ccccc3)CC2)cc1Cl. The van der Waals surface area contributed by atoms with Gasteiger partial charge in [-0.05, 0) is 36.8 Å². The molecule has 0 bridgehead atoms. The Morgan fingerprint density at radius 3 is 2.37 bits per heavy atom. The van der Waals surface area contributed by atoms with Gasteiger partial charge in [0.2, 0.25) is 15.9 Å². The number of sulfonamides is 1. The highest BCUT2D eigenvalue weighted by Crippen LogP contribution is 2.20. The Labute approximate surface area is 164 Å². The van der Waals surface area contributed by atoms with Crippen LogP contribution in [-0.2, 0) is 14.8 Å². The molecule has 0 saturated carbocycles. The van der Waals surface area contributed by atoms with Gasteiger partial charge in [0.25, 0.3) is 0 Å². The van der Waals surface area contributed by atoms with E-state index in [0.29, 0.717) is 18.1 Å². The van der Waals surface area contributed by atoms with Gasteiger partial charge in [0, 0.05) is 36.9 Å². The van der Waals surface area contributed by atoms with Crippen molar-refractivity contribution in [3.8, 4) is 0 Å². The fraction of sp³-hybridized carbons (Fsp3) is 0.316. The lowest BCUT2D eigenvalue weighted by atomic mass is 10.2. The summed E-state index contributed by atoms with van der Waals surface area (Å²) in [6.07, 6.45) is 0. The Morgan fingerprint density at radius 2 is 1.74 bits per heavy atom. The number of hydrogen-bond acceptors (Lipinski definition) is 4. The molecule has 3 rings (SSSR count). The van der Waals surface area contributed by atoms with Crippen LogP contribution in [0.4, 0.5) is 5.69 Å². The van der Waals surface area contributed by atoms with Crippen molar-refractivity contribution < 1.29 is 13.2 Å². The highest BCUT2D eigenvalue weighted by molar-refractivity contribution is 7.89. The van der Waals surface area contributed by atoms with Crippen LogP contribution in [0.3, 0.4) is 0 Å². The van der Waals surface area contributed by atoms with Gasteiger partial charge >= 0.3 is 0 Å². The van der Waals surface area contributed by atoms with Gasteiger partial charge in [-0.25, -0.2) is 13.1 Å². The molecular weight excluding hydrogens is 386 g/mol. The van der Waals surface area contributed by atoms with Crippen LogP contribution in [0, 0.1) is 6.92 Å². The van der Waals surface area contributed by atoms with Gasteiger partial charge in [-0.15, -0.1) is 0 Å². The maximum absolute atomic E-state index is 12.4. The van der Waals surface area contributed by atoms with E-state index in [1.54, 1.807) is 17.9 Å². The van der Waals surface area contributed by atoms with E-state index in [-0.39, 0.29) is 17.3 Å². The summed E-state index contributed by atoms with van der Waals surface area (Å²) in [7, 11) is -3.78. The first-order valence-corrected chi connectivity index (χ1v) is 10.6. The molecule has 1 amide bonds. The quantitative estimate of drug-likeness (QED) is 0.825. The Balaban J connectivity index is 1.54. The molecule has 0 spiro atoms. The van der Waals surface area contributed by atoms with Gasteiger partial charge in [0.1, 0.15) is 0 Å². The summed E-state index contributed by atoms with van der Waals surface area (Å²) in [5, 5.41) is 0.376. The first kappa shape index (κ1) is 19.7. The number of benzene rings is 2. The van der Waals surface area contributed by atoms with Gasteiger partial charge in [-0.2, -0.15) is 0 Å². The van der Waals surface area contributed by atoms with Crippen LogP contribution in [0.5, 0.6) is 0 Å². The molecule has 1 aliphatic rings. The topological polar surface area (TPSA) is 69.7 Å². The number of anilines is 1. The molecule has 1 fully saturated rings. The number of halogens is 1. The summed E-state index contributed by atoms with van der Waals surface area (Å²) < 4.78 is 27.1. The number of nitrogens with zero attached hydrogens (tertiary/aromatic N) is 2. The van der Waals surface area contributed by atoms with E-state index in [9.17, 15) is 13.2 Å². The molecule has 0 aromatic heterocycles. The summed E-state index contributed by atoms with van der Waals surface area (Å²) >= 11 is 6.00. The predicted octanol–water partition coefficient (Wildman–Crippen LogP) is 2.28. The number of para-hydroxylation sites is 1. The highest BCUT2D eigenvalue weighted by Gasteiger charge is 2.23. The summed E-state index contributed by atoms with van der Waals surface area (Å²) in [5.74, 6) is -0.232. The first-order chi connectivity index (χ1) is 12.9.